The monoisotopic (exact) mass is 321 g/mol. The van der Waals surface area contributed by atoms with E-state index in [1.54, 1.807) is 0 Å². The topological polar surface area (TPSA) is 12.0 Å². The van der Waals surface area contributed by atoms with Crippen molar-refractivity contribution in [3.8, 4) is 0 Å². The van der Waals surface area contributed by atoms with Crippen molar-refractivity contribution in [3.63, 3.8) is 0 Å². The smallest absolute Gasteiger partial charge is 0.379 e. The third-order valence-electron chi connectivity index (χ3n) is 2.79. The number of hydrogen-bond acceptors (Lipinski definition) is 1. The lowest BCUT2D eigenvalue weighted by atomic mass is 10.1. The molecule has 2 aromatic carbocycles. The van der Waals surface area contributed by atoms with E-state index < -0.39 is 23.4 Å². The van der Waals surface area contributed by atoms with E-state index in [2.05, 4.69) is 5.32 Å². The Labute approximate surface area is 122 Å². The zero-order valence-electron chi connectivity index (χ0n) is 10.4. The van der Waals surface area contributed by atoms with Crippen LogP contribution in [-0.4, -0.2) is 0 Å². The normalized spacial score (nSPS) is 11.5. The van der Waals surface area contributed by atoms with E-state index in [4.69, 9.17) is 11.6 Å². The van der Waals surface area contributed by atoms with Gasteiger partial charge in [0.2, 0.25) is 0 Å². The number of rotatable bonds is 3. The highest BCUT2D eigenvalue weighted by Gasteiger charge is 2.31. The summed E-state index contributed by atoms with van der Waals surface area (Å²) in [6.45, 7) is -0.102. The van der Waals surface area contributed by atoms with Crippen LogP contribution < -0.4 is 5.32 Å². The molecule has 2 rings (SSSR count). The third kappa shape index (κ3) is 3.64. The van der Waals surface area contributed by atoms with Gasteiger partial charge in [0.15, 0.2) is 0 Å². The highest BCUT2D eigenvalue weighted by Crippen LogP contribution is 2.32. The molecule has 0 radical (unpaired) electrons. The van der Waals surface area contributed by atoms with Crippen LogP contribution >= 0.6 is 11.6 Å². The first-order valence-corrected chi connectivity index (χ1v) is 6.20. The fourth-order valence-corrected chi connectivity index (χ4v) is 1.91. The van der Waals surface area contributed by atoms with Crippen LogP contribution in [0.2, 0.25) is 5.02 Å². The lowest BCUT2D eigenvalue weighted by molar-refractivity contribution is -0.137. The third-order valence-corrected chi connectivity index (χ3v) is 3.22. The van der Waals surface area contributed by atoms with Crippen molar-refractivity contribution in [2.24, 2.45) is 0 Å². The minimum absolute atomic E-state index is 0.102. The Balaban J connectivity index is 2.22. The molecule has 0 aromatic heterocycles. The van der Waals surface area contributed by atoms with E-state index >= 15 is 0 Å². The molecule has 0 fully saturated rings. The lowest BCUT2D eigenvalue weighted by Gasteiger charge is -2.12. The van der Waals surface area contributed by atoms with Crippen molar-refractivity contribution in [1.82, 2.24) is 0 Å². The predicted octanol–water partition coefficient (Wildman–Crippen LogP) is 5.25. The summed E-state index contributed by atoms with van der Waals surface area (Å²) in [4.78, 5) is 0. The molecule has 0 spiro atoms. The minimum atomic E-state index is -4.57. The van der Waals surface area contributed by atoms with Crippen LogP contribution in [0, 0.1) is 11.6 Å². The molecule has 1 N–H and O–H groups in total. The lowest BCUT2D eigenvalue weighted by Crippen LogP contribution is -2.08. The summed E-state index contributed by atoms with van der Waals surface area (Å²) in [6, 6.07) is 6.07. The summed E-state index contributed by atoms with van der Waals surface area (Å²) in [7, 11) is 0. The molecule has 0 aliphatic heterocycles. The number of nitrogens with one attached hydrogen (secondary N) is 1. The summed E-state index contributed by atoms with van der Waals surface area (Å²) in [5, 5.41) is 2.33. The van der Waals surface area contributed by atoms with Gasteiger partial charge in [0.1, 0.15) is 11.6 Å². The summed E-state index contributed by atoms with van der Waals surface area (Å²) < 4.78 is 64.4. The number of halogens is 6. The largest absolute Gasteiger partial charge is 0.416 e. The van der Waals surface area contributed by atoms with Gasteiger partial charge in [-0.15, -0.1) is 0 Å². The van der Waals surface area contributed by atoms with Crippen molar-refractivity contribution >= 4 is 17.3 Å². The highest BCUT2D eigenvalue weighted by molar-refractivity contribution is 6.31. The molecule has 0 atom stereocenters. The van der Waals surface area contributed by atoms with Gasteiger partial charge in [0.25, 0.3) is 0 Å². The van der Waals surface area contributed by atoms with Crippen LogP contribution in [0.5, 0.6) is 0 Å². The summed E-state index contributed by atoms with van der Waals surface area (Å²) in [5.74, 6) is -1.49. The Kier molecular flexibility index (Phi) is 4.37. The number of alkyl halides is 3. The highest BCUT2D eigenvalue weighted by atomic mass is 35.5. The van der Waals surface area contributed by atoms with Gasteiger partial charge in [0, 0.05) is 6.54 Å². The first-order chi connectivity index (χ1) is 9.79. The average Bonchev–Trinajstić information content (AvgIpc) is 2.40. The molecule has 0 bridgehead atoms. The Morgan fingerprint density at radius 1 is 1.00 bits per heavy atom. The SMILES string of the molecule is Fc1ccc(C(F)(F)F)cc1NCc1cccc(F)c1Cl. The quantitative estimate of drug-likeness (QED) is 0.761. The molecular formula is C14H9ClF5N. The van der Waals surface area contributed by atoms with Crippen molar-refractivity contribution in [3.05, 3.63) is 64.2 Å². The summed E-state index contributed by atoms with van der Waals surface area (Å²) in [6.07, 6.45) is -4.57. The molecule has 112 valence electrons. The molecule has 0 unspecified atom stereocenters. The van der Waals surface area contributed by atoms with Gasteiger partial charge in [-0.1, -0.05) is 23.7 Å². The van der Waals surface area contributed by atoms with Crippen molar-refractivity contribution in [2.45, 2.75) is 12.7 Å². The van der Waals surface area contributed by atoms with Crippen LogP contribution in [0.25, 0.3) is 0 Å². The van der Waals surface area contributed by atoms with Crippen LogP contribution in [0.15, 0.2) is 36.4 Å². The van der Waals surface area contributed by atoms with Crippen LogP contribution in [-0.2, 0) is 12.7 Å². The molecule has 0 aliphatic rings. The number of hydrogen-bond donors (Lipinski definition) is 1. The van der Waals surface area contributed by atoms with Crippen LogP contribution in [0.1, 0.15) is 11.1 Å². The summed E-state index contributed by atoms with van der Waals surface area (Å²) in [5.41, 5.74) is -0.990. The van der Waals surface area contributed by atoms with E-state index in [1.807, 2.05) is 0 Å². The van der Waals surface area contributed by atoms with Gasteiger partial charge in [-0.3, -0.25) is 0 Å². The maximum absolute atomic E-state index is 13.5. The molecule has 1 nitrogen and oxygen atoms in total. The van der Waals surface area contributed by atoms with E-state index in [0.29, 0.717) is 17.7 Å². The van der Waals surface area contributed by atoms with Crippen LogP contribution in [0.3, 0.4) is 0 Å². The van der Waals surface area contributed by atoms with Crippen molar-refractivity contribution in [2.75, 3.05) is 5.32 Å². The second-order valence-corrected chi connectivity index (χ2v) is 4.64. The van der Waals surface area contributed by atoms with Gasteiger partial charge in [-0.2, -0.15) is 13.2 Å². The number of anilines is 1. The average molecular weight is 322 g/mol. The van der Waals surface area contributed by atoms with Gasteiger partial charge >= 0.3 is 6.18 Å². The van der Waals surface area contributed by atoms with Gasteiger partial charge in [-0.25, -0.2) is 8.78 Å². The van der Waals surface area contributed by atoms with E-state index in [1.165, 1.54) is 12.1 Å². The Hall–Kier alpha value is -1.82. The molecule has 0 heterocycles. The fraction of sp³-hybridized carbons (Fsp3) is 0.143. The summed E-state index contributed by atoms with van der Waals surface area (Å²) >= 11 is 5.71. The molecule has 0 saturated carbocycles. The zero-order chi connectivity index (χ0) is 15.6. The second kappa shape index (κ2) is 5.89. The van der Waals surface area contributed by atoms with Gasteiger partial charge in [0.05, 0.1) is 16.3 Å². The molecule has 7 heteroatoms. The molecule has 0 amide bonds. The number of benzene rings is 2. The Morgan fingerprint density at radius 3 is 2.38 bits per heavy atom. The molecular weight excluding hydrogens is 313 g/mol. The standard InChI is InChI=1S/C14H9ClF5N/c15-13-8(2-1-3-11(13)17)7-21-12-6-9(14(18,19)20)4-5-10(12)16/h1-6,21H,7H2. The fourth-order valence-electron chi connectivity index (χ4n) is 1.71. The van der Waals surface area contributed by atoms with Gasteiger partial charge < -0.3 is 5.32 Å². The Bertz CT molecular complexity index is 654. The molecule has 0 aliphatic carbocycles. The Morgan fingerprint density at radius 2 is 1.71 bits per heavy atom. The van der Waals surface area contributed by atoms with E-state index in [0.717, 1.165) is 12.1 Å². The van der Waals surface area contributed by atoms with E-state index in [9.17, 15) is 22.0 Å². The van der Waals surface area contributed by atoms with E-state index in [-0.39, 0.29) is 17.3 Å². The first kappa shape index (κ1) is 15.6. The van der Waals surface area contributed by atoms with Crippen LogP contribution in [0.4, 0.5) is 27.6 Å². The second-order valence-electron chi connectivity index (χ2n) is 4.26. The first-order valence-electron chi connectivity index (χ1n) is 5.82. The van der Waals surface area contributed by atoms with Gasteiger partial charge in [-0.05, 0) is 29.8 Å². The molecule has 21 heavy (non-hydrogen) atoms. The molecule has 0 saturated heterocycles. The zero-order valence-corrected chi connectivity index (χ0v) is 11.2. The molecule has 2 aromatic rings. The predicted molar refractivity (Wildman–Crippen MR) is 70.1 cm³/mol. The van der Waals surface area contributed by atoms with Crippen molar-refractivity contribution < 1.29 is 22.0 Å². The maximum Gasteiger partial charge on any atom is 0.416 e. The minimum Gasteiger partial charge on any atom is -0.379 e. The maximum atomic E-state index is 13.5. The van der Waals surface area contributed by atoms with Crippen molar-refractivity contribution in [1.29, 1.82) is 0 Å².